The predicted octanol–water partition coefficient (Wildman–Crippen LogP) is 1.31. The maximum atomic E-state index is 11.4. The van der Waals surface area contributed by atoms with Crippen LogP contribution in [0.1, 0.15) is 6.92 Å². The summed E-state index contributed by atoms with van der Waals surface area (Å²) in [7, 11) is 0. The number of hydrogen-bond donors (Lipinski definition) is 2. The van der Waals surface area contributed by atoms with Crippen LogP contribution in [0.5, 0.6) is 0 Å². The van der Waals surface area contributed by atoms with E-state index in [4.69, 9.17) is 4.55 Å². The molecule has 0 saturated carbocycles. The van der Waals surface area contributed by atoms with Gasteiger partial charge in [-0.1, -0.05) is 0 Å². The van der Waals surface area contributed by atoms with Gasteiger partial charge in [-0.2, -0.15) is 13.5 Å². The topological polar surface area (TPSA) is 32.3 Å². The quantitative estimate of drug-likeness (QED) is 0.335. The van der Waals surface area contributed by atoms with Crippen molar-refractivity contribution in [2.24, 2.45) is 0 Å². The predicted molar refractivity (Wildman–Crippen MR) is 24.0 cm³/mol. The van der Waals surface area contributed by atoms with Crippen molar-refractivity contribution >= 4 is 12.2 Å². The van der Waals surface area contributed by atoms with Crippen LogP contribution in [0.25, 0.3) is 0 Å². The summed E-state index contributed by atoms with van der Waals surface area (Å²) < 4.78 is 32.0. The fourth-order valence-electron chi connectivity index (χ4n) is 0.0801. The number of hydrogen-bond acceptors (Lipinski definition) is 3. The molecule has 2 N–H and O–H groups in total. The molecule has 0 aromatic heterocycles. The molecular weight excluding hydrogens is 124 g/mol. The Morgan fingerprint density at radius 1 is 1.71 bits per heavy atom. The second-order valence-corrected chi connectivity index (χ2v) is 1.47. The van der Waals surface area contributed by atoms with Gasteiger partial charge in [0.2, 0.25) is 0 Å². The molecule has 0 atom stereocenters. The average molecular weight is 129 g/mol. The molecule has 0 spiro atoms. The van der Waals surface area contributed by atoms with E-state index in [2.05, 4.69) is 0 Å². The zero-order valence-electron chi connectivity index (χ0n) is 3.61. The molecule has 0 saturated heterocycles. The van der Waals surface area contributed by atoms with Gasteiger partial charge in [0, 0.05) is 6.92 Å². The molecule has 0 aliphatic heterocycles. The maximum Gasteiger partial charge on any atom is 0.310 e. The molecule has 0 aromatic carbocycles. The summed E-state index contributed by atoms with van der Waals surface area (Å²) in [6.45, 7) is 0.649. The third kappa shape index (κ3) is 6.13. The van der Waals surface area contributed by atoms with E-state index in [0.717, 1.165) is 0 Å². The van der Waals surface area contributed by atoms with Crippen LogP contribution < -0.4 is 4.72 Å². The van der Waals surface area contributed by atoms with Crippen LogP contribution in [0.3, 0.4) is 0 Å². The first-order valence-electron chi connectivity index (χ1n) is 1.51. The first-order valence-corrected chi connectivity index (χ1v) is 2.29. The molecule has 44 valence electrons. The summed E-state index contributed by atoms with van der Waals surface area (Å²) in [5.74, 6) is 0. The largest absolute Gasteiger partial charge is 0.317 e. The smallest absolute Gasteiger partial charge is 0.310 e. The van der Waals surface area contributed by atoms with E-state index in [-0.39, 0.29) is 12.2 Å². The fraction of sp³-hybridized carbons (Fsp3) is 1.00. The van der Waals surface area contributed by atoms with Gasteiger partial charge in [0.05, 0.1) is 12.2 Å². The van der Waals surface area contributed by atoms with Crippen LogP contribution in [0, 0.1) is 0 Å². The maximum absolute atomic E-state index is 11.4. The van der Waals surface area contributed by atoms with Gasteiger partial charge in [0.25, 0.3) is 0 Å². The highest BCUT2D eigenvalue weighted by molar-refractivity contribution is 7.91. The van der Waals surface area contributed by atoms with Crippen molar-refractivity contribution in [2.45, 2.75) is 13.0 Å². The second-order valence-electron chi connectivity index (χ2n) is 1.08. The Hall–Kier alpha value is 0.130. The third-order valence-electron chi connectivity index (χ3n) is 0.225. The van der Waals surface area contributed by atoms with Crippen molar-refractivity contribution in [3.8, 4) is 0 Å². The highest BCUT2D eigenvalue weighted by atomic mass is 32.2. The molecular formula is C2H5F2NOS. The molecule has 0 bridgehead atoms. The highest BCUT2D eigenvalue weighted by Crippen LogP contribution is 2.08. The summed E-state index contributed by atoms with van der Waals surface area (Å²) in [5.41, 5.74) is 0. The fourth-order valence-corrected chi connectivity index (χ4v) is 0.240. The van der Waals surface area contributed by atoms with E-state index in [1.807, 2.05) is 0 Å². The summed E-state index contributed by atoms with van der Waals surface area (Å²) in [5, 5.41) is 0. The van der Waals surface area contributed by atoms with E-state index >= 15 is 0 Å². The van der Waals surface area contributed by atoms with E-state index in [9.17, 15) is 8.78 Å². The summed E-state index contributed by atoms with van der Waals surface area (Å²) >= 11 is -0.0914. The molecule has 0 fully saturated rings. The Kier molecular flexibility index (Phi) is 2.49. The minimum absolute atomic E-state index is 0.0914. The number of rotatable bonds is 2. The lowest BCUT2D eigenvalue weighted by molar-refractivity contribution is 0.0117. The molecule has 0 aliphatic carbocycles. The van der Waals surface area contributed by atoms with Gasteiger partial charge in [-0.3, -0.25) is 0 Å². The van der Waals surface area contributed by atoms with Crippen LogP contribution in [0.4, 0.5) is 8.78 Å². The molecule has 0 rings (SSSR count). The lowest BCUT2D eigenvalue weighted by Crippen LogP contribution is -2.25. The van der Waals surface area contributed by atoms with Crippen molar-refractivity contribution in [1.82, 2.24) is 4.72 Å². The highest BCUT2D eigenvalue weighted by Gasteiger charge is 2.18. The zero-order chi connectivity index (χ0) is 5.91. The third-order valence-corrected chi connectivity index (χ3v) is 0.675. The molecule has 0 aliphatic rings. The normalized spacial score (nSPS) is 12.0. The zero-order valence-corrected chi connectivity index (χ0v) is 4.43. The van der Waals surface area contributed by atoms with E-state index in [1.54, 1.807) is 0 Å². The minimum atomic E-state index is -2.99. The van der Waals surface area contributed by atoms with Gasteiger partial charge < -0.3 is 4.55 Å². The summed E-state index contributed by atoms with van der Waals surface area (Å²) in [4.78, 5) is 0. The summed E-state index contributed by atoms with van der Waals surface area (Å²) in [6, 6.07) is -2.99. The van der Waals surface area contributed by atoms with E-state index in [1.165, 1.54) is 4.72 Å². The van der Waals surface area contributed by atoms with Gasteiger partial charge in [-0.15, -0.1) is 0 Å². The van der Waals surface area contributed by atoms with Crippen LogP contribution in [0.2, 0.25) is 0 Å². The molecule has 0 aromatic rings. The van der Waals surface area contributed by atoms with Crippen molar-refractivity contribution in [3.05, 3.63) is 0 Å². The molecule has 0 amide bonds. The number of halogens is 2. The van der Waals surface area contributed by atoms with Crippen LogP contribution in [-0.4, -0.2) is 10.6 Å². The number of alkyl halides is 2. The van der Waals surface area contributed by atoms with Crippen molar-refractivity contribution in [3.63, 3.8) is 0 Å². The van der Waals surface area contributed by atoms with Gasteiger partial charge in [0.15, 0.2) is 0 Å². The first-order chi connectivity index (χ1) is 3.06. The molecule has 2 nitrogen and oxygen atoms in total. The Balaban J connectivity index is 3.15. The summed E-state index contributed by atoms with van der Waals surface area (Å²) in [6.07, 6.45) is 0. The Morgan fingerprint density at radius 3 is 2.14 bits per heavy atom. The monoisotopic (exact) mass is 129 g/mol. The molecule has 0 radical (unpaired) electrons. The van der Waals surface area contributed by atoms with Crippen LogP contribution >= 0.6 is 12.2 Å². The van der Waals surface area contributed by atoms with Crippen molar-refractivity contribution in [2.75, 3.05) is 0 Å². The van der Waals surface area contributed by atoms with E-state index < -0.39 is 6.05 Å². The van der Waals surface area contributed by atoms with Gasteiger partial charge in [-0.25, -0.2) is 0 Å². The first kappa shape index (κ1) is 7.13. The second kappa shape index (κ2) is 2.44. The van der Waals surface area contributed by atoms with Gasteiger partial charge in [0.1, 0.15) is 0 Å². The lowest BCUT2D eigenvalue weighted by atomic mass is 10.7. The average Bonchev–Trinajstić information content (AvgIpc) is 1.30. The lowest BCUT2D eigenvalue weighted by Gasteiger charge is -2.05. The van der Waals surface area contributed by atoms with Crippen LogP contribution in [0.15, 0.2) is 0 Å². The van der Waals surface area contributed by atoms with Gasteiger partial charge >= 0.3 is 6.05 Å². The van der Waals surface area contributed by atoms with Crippen molar-refractivity contribution < 1.29 is 13.3 Å². The van der Waals surface area contributed by atoms with Gasteiger partial charge in [-0.05, 0) is 0 Å². The SMILES string of the molecule is CC(F)(F)NSO. The van der Waals surface area contributed by atoms with E-state index in [0.29, 0.717) is 6.92 Å². The Bertz CT molecular complexity index is 54.1. The Labute approximate surface area is 44.2 Å². The minimum Gasteiger partial charge on any atom is -0.317 e. The van der Waals surface area contributed by atoms with Crippen LogP contribution in [-0.2, 0) is 0 Å². The molecule has 0 unspecified atom stereocenters. The van der Waals surface area contributed by atoms with Crippen molar-refractivity contribution in [1.29, 1.82) is 0 Å². The Morgan fingerprint density at radius 2 is 2.14 bits per heavy atom. The standard InChI is InChI=1S/C2H5F2NOS/c1-2(3,4)5-7-6/h5-6H,1H3. The molecule has 5 heteroatoms. The number of nitrogens with one attached hydrogen (secondary N) is 1. The molecule has 0 heterocycles. The molecule has 7 heavy (non-hydrogen) atoms.